The summed E-state index contributed by atoms with van der Waals surface area (Å²) < 4.78 is 0. The molecule has 0 aliphatic heterocycles. The third-order valence-electron chi connectivity index (χ3n) is 2.00. The second kappa shape index (κ2) is 4.44. The molecule has 7 nitrogen and oxygen atoms in total. The number of carbonyl (C=O) groups is 1. The van der Waals surface area contributed by atoms with Gasteiger partial charge in [0.05, 0.1) is 18.1 Å². The number of benzene rings is 1. The van der Waals surface area contributed by atoms with E-state index < -0.39 is 5.91 Å². The summed E-state index contributed by atoms with van der Waals surface area (Å²) in [5.41, 5.74) is 5.89. The molecule has 0 spiro atoms. The second-order valence-electron chi connectivity index (χ2n) is 3.19. The van der Waals surface area contributed by atoms with Crippen LogP contribution in [0.4, 0.5) is 11.6 Å². The molecule has 2 aromatic rings. The van der Waals surface area contributed by atoms with Gasteiger partial charge in [0.15, 0.2) is 0 Å². The monoisotopic (exact) mass is 231 g/mol. The van der Waals surface area contributed by atoms with Crippen LogP contribution in [0.2, 0.25) is 0 Å². The fourth-order valence-electron chi connectivity index (χ4n) is 1.16. The molecule has 0 unspecified atom stereocenters. The second-order valence-corrected chi connectivity index (χ2v) is 3.19. The third kappa shape index (κ3) is 2.46. The van der Waals surface area contributed by atoms with Crippen LogP contribution in [0.3, 0.4) is 0 Å². The van der Waals surface area contributed by atoms with Gasteiger partial charge in [0.2, 0.25) is 5.95 Å². The van der Waals surface area contributed by atoms with Crippen LogP contribution in [-0.4, -0.2) is 26.2 Å². The molecule has 2 rings (SSSR count). The zero-order valence-electron chi connectivity index (χ0n) is 8.66. The Bertz CT molecular complexity index is 544. The highest BCUT2D eigenvalue weighted by atomic mass is 16.3. The maximum atomic E-state index is 11.7. The lowest BCUT2D eigenvalue weighted by Crippen LogP contribution is -2.14. The van der Waals surface area contributed by atoms with Crippen molar-refractivity contribution in [2.75, 3.05) is 11.1 Å². The Kier molecular flexibility index (Phi) is 2.82. The van der Waals surface area contributed by atoms with Crippen molar-refractivity contribution in [1.82, 2.24) is 15.2 Å². The lowest BCUT2D eigenvalue weighted by atomic mass is 10.2. The van der Waals surface area contributed by atoms with Gasteiger partial charge >= 0.3 is 0 Å². The number of nitrogens with two attached hydrogens (primary N) is 1. The van der Waals surface area contributed by atoms with Crippen LogP contribution in [0.15, 0.2) is 30.6 Å². The van der Waals surface area contributed by atoms with Gasteiger partial charge in [0.25, 0.3) is 5.91 Å². The molecule has 17 heavy (non-hydrogen) atoms. The van der Waals surface area contributed by atoms with E-state index in [4.69, 9.17) is 5.73 Å². The summed E-state index contributed by atoms with van der Waals surface area (Å²) in [6.07, 6.45) is 2.80. The van der Waals surface area contributed by atoms with Gasteiger partial charge in [-0.3, -0.25) is 10.1 Å². The van der Waals surface area contributed by atoms with Crippen LogP contribution < -0.4 is 11.1 Å². The molecule has 1 aromatic heterocycles. The average molecular weight is 231 g/mol. The van der Waals surface area contributed by atoms with Gasteiger partial charge in [-0.05, 0) is 18.2 Å². The topological polar surface area (TPSA) is 114 Å². The minimum absolute atomic E-state index is 0.0915. The number of amides is 1. The van der Waals surface area contributed by atoms with E-state index in [-0.39, 0.29) is 22.9 Å². The van der Waals surface area contributed by atoms with Gasteiger partial charge in [-0.1, -0.05) is 0 Å². The molecule has 1 amide bonds. The van der Waals surface area contributed by atoms with Gasteiger partial charge in [-0.15, -0.1) is 5.10 Å². The van der Waals surface area contributed by atoms with E-state index in [1.54, 1.807) is 0 Å². The predicted molar refractivity (Wildman–Crippen MR) is 60.3 cm³/mol. The van der Waals surface area contributed by atoms with E-state index in [1.807, 2.05) is 0 Å². The van der Waals surface area contributed by atoms with E-state index in [9.17, 15) is 9.90 Å². The molecule has 1 aromatic carbocycles. The molecule has 1 heterocycles. The molecule has 0 saturated heterocycles. The first-order chi connectivity index (χ1) is 8.16. The van der Waals surface area contributed by atoms with Crippen molar-refractivity contribution in [3.8, 4) is 5.75 Å². The van der Waals surface area contributed by atoms with Crippen molar-refractivity contribution in [3.05, 3.63) is 36.2 Å². The first-order valence-corrected chi connectivity index (χ1v) is 4.70. The Morgan fingerprint density at radius 1 is 1.35 bits per heavy atom. The first kappa shape index (κ1) is 10.8. The van der Waals surface area contributed by atoms with Crippen molar-refractivity contribution in [2.24, 2.45) is 0 Å². The lowest BCUT2D eigenvalue weighted by molar-refractivity contribution is 0.102. The predicted octanol–water partition coefficient (Wildman–Crippen LogP) is 0.412. The molecule has 4 N–H and O–H groups in total. The van der Waals surface area contributed by atoms with Crippen LogP contribution in [0, 0.1) is 0 Å². The van der Waals surface area contributed by atoms with Crippen LogP contribution >= 0.6 is 0 Å². The number of nitrogen functional groups attached to an aromatic ring is 1. The smallest absolute Gasteiger partial charge is 0.258 e. The minimum Gasteiger partial charge on any atom is -0.506 e. The zero-order chi connectivity index (χ0) is 12.3. The molecule has 0 saturated carbocycles. The van der Waals surface area contributed by atoms with Crippen molar-refractivity contribution < 1.29 is 9.90 Å². The van der Waals surface area contributed by atoms with Crippen LogP contribution in [0.25, 0.3) is 0 Å². The largest absolute Gasteiger partial charge is 0.506 e. The number of phenolic OH excluding ortho intramolecular Hbond substituents is 1. The molecule has 0 aliphatic rings. The van der Waals surface area contributed by atoms with Gasteiger partial charge in [-0.2, -0.15) is 5.10 Å². The van der Waals surface area contributed by atoms with E-state index in [0.29, 0.717) is 0 Å². The molecular weight excluding hydrogens is 222 g/mol. The molecule has 0 radical (unpaired) electrons. The highest BCUT2D eigenvalue weighted by Crippen LogP contribution is 2.20. The number of nitrogens with zero attached hydrogens (tertiary/aromatic N) is 3. The number of phenols is 1. The number of aromatic nitrogens is 3. The van der Waals surface area contributed by atoms with Crippen LogP contribution in [0.5, 0.6) is 5.75 Å². The van der Waals surface area contributed by atoms with E-state index in [1.165, 1.54) is 30.6 Å². The van der Waals surface area contributed by atoms with Gasteiger partial charge in [0.1, 0.15) is 5.75 Å². The highest BCUT2D eigenvalue weighted by Gasteiger charge is 2.09. The van der Waals surface area contributed by atoms with Gasteiger partial charge < -0.3 is 10.8 Å². The number of rotatable bonds is 2. The van der Waals surface area contributed by atoms with Gasteiger partial charge in [-0.25, -0.2) is 4.98 Å². The molecule has 7 heteroatoms. The van der Waals surface area contributed by atoms with Crippen LogP contribution in [-0.2, 0) is 0 Å². The van der Waals surface area contributed by atoms with Gasteiger partial charge in [0, 0.05) is 5.56 Å². The number of hydrogen-bond donors (Lipinski definition) is 3. The minimum atomic E-state index is -0.451. The van der Waals surface area contributed by atoms with Crippen molar-refractivity contribution in [1.29, 1.82) is 0 Å². The van der Waals surface area contributed by atoms with Crippen molar-refractivity contribution in [3.63, 3.8) is 0 Å². The maximum absolute atomic E-state index is 11.7. The Labute approximate surface area is 96.3 Å². The van der Waals surface area contributed by atoms with Crippen molar-refractivity contribution >= 4 is 17.5 Å². The Morgan fingerprint density at radius 3 is 2.82 bits per heavy atom. The average Bonchev–Trinajstić information content (AvgIpc) is 2.34. The fraction of sp³-hybridized carbons (Fsp3) is 0. The standard InChI is InChI=1S/C10H9N5O2/c11-7-2-1-6(5-8(7)16)9(17)14-10-12-3-4-13-15-10/h1-5,16H,11H2,(H,12,14,15,17). The Balaban J connectivity index is 2.18. The molecule has 0 atom stereocenters. The van der Waals surface area contributed by atoms with Crippen LogP contribution in [0.1, 0.15) is 10.4 Å². The number of hydrogen-bond acceptors (Lipinski definition) is 6. The summed E-state index contributed by atoms with van der Waals surface area (Å²) in [7, 11) is 0. The summed E-state index contributed by atoms with van der Waals surface area (Å²) in [5.74, 6) is -0.508. The number of carbonyl (C=O) groups excluding carboxylic acids is 1. The lowest BCUT2D eigenvalue weighted by Gasteiger charge is -2.04. The zero-order valence-corrected chi connectivity index (χ0v) is 8.66. The third-order valence-corrected chi connectivity index (χ3v) is 2.00. The first-order valence-electron chi connectivity index (χ1n) is 4.70. The van der Waals surface area contributed by atoms with E-state index >= 15 is 0 Å². The molecule has 0 bridgehead atoms. The van der Waals surface area contributed by atoms with Crippen molar-refractivity contribution in [2.45, 2.75) is 0 Å². The number of nitrogens with one attached hydrogen (secondary N) is 1. The summed E-state index contributed by atoms with van der Waals surface area (Å²) in [4.78, 5) is 15.5. The fourth-order valence-corrected chi connectivity index (χ4v) is 1.16. The SMILES string of the molecule is Nc1ccc(C(=O)Nc2nccnn2)cc1O. The molecule has 86 valence electrons. The summed E-state index contributed by atoms with van der Waals surface area (Å²) in [5, 5.41) is 19.0. The number of aromatic hydroxyl groups is 1. The summed E-state index contributed by atoms with van der Waals surface area (Å²) in [6.45, 7) is 0. The summed E-state index contributed by atoms with van der Waals surface area (Å²) >= 11 is 0. The Morgan fingerprint density at radius 2 is 2.18 bits per heavy atom. The van der Waals surface area contributed by atoms with E-state index in [2.05, 4.69) is 20.5 Å². The quantitative estimate of drug-likeness (QED) is 0.509. The summed E-state index contributed by atoms with van der Waals surface area (Å²) in [6, 6.07) is 4.19. The Hall–Kier alpha value is -2.70. The molecule has 0 aliphatic carbocycles. The normalized spacial score (nSPS) is 9.88. The highest BCUT2D eigenvalue weighted by molar-refractivity contribution is 6.03. The molecular formula is C10H9N5O2. The van der Waals surface area contributed by atoms with E-state index in [0.717, 1.165) is 0 Å². The maximum Gasteiger partial charge on any atom is 0.258 e. The number of anilines is 2. The molecule has 0 fully saturated rings.